The Morgan fingerprint density at radius 3 is 2.57 bits per heavy atom. The van der Waals surface area contributed by atoms with Gasteiger partial charge in [0.1, 0.15) is 0 Å². The van der Waals surface area contributed by atoms with E-state index in [1.807, 2.05) is 6.07 Å². The van der Waals surface area contributed by atoms with Gasteiger partial charge in [-0.15, -0.1) is 0 Å². The molecule has 1 aromatic rings. The molecule has 2 N–H and O–H groups in total. The largest absolute Gasteiger partial charge is 0.481 e. The third-order valence-electron chi connectivity index (χ3n) is 3.49. The lowest BCUT2D eigenvalue weighted by Gasteiger charge is -2.06. The van der Waals surface area contributed by atoms with Crippen LogP contribution in [0.5, 0.6) is 0 Å². The molecule has 6 nitrogen and oxygen atoms in total. The third kappa shape index (κ3) is 6.42. The zero-order valence-electron chi connectivity index (χ0n) is 12.7. The first-order valence-corrected chi connectivity index (χ1v) is 7.50. The minimum absolute atomic E-state index is 0.0964. The number of aromatic nitrogens is 1. The Labute approximate surface area is 124 Å². The van der Waals surface area contributed by atoms with E-state index in [0.29, 0.717) is 37.5 Å². The van der Waals surface area contributed by atoms with Crippen LogP contribution in [-0.4, -0.2) is 22.1 Å². The van der Waals surface area contributed by atoms with Gasteiger partial charge in [-0.1, -0.05) is 19.0 Å². The molecular formula is C15H24N2O4. The van der Waals surface area contributed by atoms with Crippen LogP contribution in [0.2, 0.25) is 0 Å². The van der Waals surface area contributed by atoms with Crippen molar-refractivity contribution >= 4 is 11.9 Å². The maximum absolute atomic E-state index is 11.6. The van der Waals surface area contributed by atoms with Crippen molar-refractivity contribution in [3.63, 3.8) is 0 Å². The summed E-state index contributed by atoms with van der Waals surface area (Å²) in [5, 5.41) is 15.3. The third-order valence-corrected chi connectivity index (χ3v) is 3.49. The second-order valence-electron chi connectivity index (χ2n) is 5.11. The second-order valence-corrected chi connectivity index (χ2v) is 5.11. The minimum atomic E-state index is -0.828. The quantitative estimate of drug-likeness (QED) is 0.648. The van der Waals surface area contributed by atoms with Crippen molar-refractivity contribution in [3.8, 4) is 0 Å². The van der Waals surface area contributed by atoms with E-state index in [-0.39, 0.29) is 12.3 Å². The smallest absolute Gasteiger partial charge is 0.303 e. The molecule has 0 saturated heterocycles. The van der Waals surface area contributed by atoms with Gasteiger partial charge in [-0.3, -0.25) is 9.59 Å². The number of rotatable bonds is 10. The SMILES string of the molecule is CCC(CC)c1cc(CNC(=O)CCCCC(=O)O)on1. The molecule has 118 valence electrons. The van der Waals surface area contributed by atoms with E-state index in [9.17, 15) is 9.59 Å². The fraction of sp³-hybridized carbons (Fsp3) is 0.667. The minimum Gasteiger partial charge on any atom is -0.481 e. The lowest BCUT2D eigenvalue weighted by molar-refractivity contribution is -0.137. The fourth-order valence-electron chi connectivity index (χ4n) is 2.15. The number of unbranched alkanes of at least 4 members (excludes halogenated alkanes) is 1. The molecule has 0 aromatic carbocycles. The predicted octanol–water partition coefficient (Wildman–Crippen LogP) is 2.84. The van der Waals surface area contributed by atoms with Crippen molar-refractivity contribution in [1.82, 2.24) is 10.5 Å². The monoisotopic (exact) mass is 296 g/mol. The number of carbonyl (C=O) groups excluding carboxylic acids is 1. The highest BCUT2D eigenvalue weighted by atomic mass is 16.5. The van der Waals surface area contributed by atoms with E-state index in [1.54, 1.807) is 0 Å². The van der Waals surface area contributed by atoms with Crippen molar-refractivity contribution in [2.75, 3.05) is 0 Å². The molecule has 0 spiro atoms. The molecule has 6 heteroatoms. The molecule has 0 aliphatic heterocycles. The van der Waals surface area contributed by atoms with Crippen LogP contribution in [0.4, 0.5) is 0 Å². The van der Waals surface area contributed by atoms with E-state index < -0.39 is 5.97 Å². The fourth-order valence-corrected chi connectivity index (χ4v) is 2.15. The van der Waals surface area contributed by atoms with Gasteiger partial charge in [-0.2, -0.15) is 0 Å². The Bertz CT molecular complexity index is 452. The molecule has 0 aliphatic rings. The Balaban J connectivity index is 2.28. The first-order chi connectivity index (χ1) is 10.1. The summed E-state index contributed by atoms with van der Waals surface area (Å²) in [5.74, 6) is 0.122. The highest BCUT2D eigenvalue weighted by Crippen LogP contribution is 2.22. The van der Waals surface area contributed by atoms with Gasteiger partial charge in [0, 0.05) is 24.8 Å². The molecule has 0 bridgehead atoms. The molecule has 0 radical (unpaired) electrons. The Morgan fingerprint density at radius 2 is 1.95 bits per heavy atom. The van der Waals surface area contributed by atoms with Crippen LogP contribution in [0.3, 0.4) is 0 Å². The number of carboxylic acid groups (broad SMARTS) is 1. The van der Waals surface area contributed by atoms with Crippen LogP contribution in [-0.2, 0) is 16.1 Å². The van der Waals surface area contributed by atoms with Crippen molar-refractivity contribution in [3.05, 3.63) is 17.5 Å². The summed E-state index contributed by atoms with van der Waals surface area (Å²) in [7, 11) is 0. The van der Waals surface area contributed by atoms with Crippen LogP contribution in [0.1, 0.15) is 69.7 Å². The summed E-state index contributed by atoms with van der Waals surface area (Å²) in [4.78, 5) is 21.9. The average Bonchev–Trinajstić information content (AvgIpc) is 2.91. The van der Waals surface area contributed by atoms with Gasteiger partial charge < -0.3 is 14.9 Å². The van der Waals surface area contributed by atoms with Crippen molar-refractivity contribution in [1.29, 1.82) is 0 Å². The molecule has 1 rings (SSSR count). The van der Waals surface area contributed by atoms with Gasteiger partial charge >= 0.3 is 5.97 Å². The average molecular weight is 296 g/mol. The van der Waals surface area contributed by atoms with Crippen LogP contribution in [0.25, 0.3) is 0 Å². The van der Waals surface area contributed by atoms with Gasteiger partial charge in [0.2, 0.25) is 5.91 Å². The summed E-state index contributed by atoms with van der Waals surface area (Å²) in [5.41, 5.74) is 0.936. The molecule has 1 amide bonds. The van der Waals surface area contributed by atoms with Crippen LogP contribution in [0.15, 0.2) is 10.6 Å². The highest BCUT2D eigenvalue weighted by molar-refractivity contribution is 5.75. The maximum atomic E-state index is 11.6. The van der Waals surface area contributed by atoms with Crippen molar-refractivity contribution in [2.24, 2.45) is 0 Å². The lowest BCUT2D eigenvalue weighted by Crippen LogP contribution is -2.22. The Hall–Kier alpha value is -1.85. The standard InChI is InChI=1S/C15H24N2O4/c1-3-11(4-2)13-9-12(21-17-13)10-16-14(18)7-5-6-8-15(19)20/h9,11H,3-8,10H2,1-2H3,(H,16,18)(H,19,20). The van der Waals surface area contributed by atoms with Crippen molar-refractivity contribution < 1.29 is 19.2 Å². The summed E-state index contributed by atoms with van der Waals surface area (Å²) in [6.07, 6.45) is 3.56. The zero-order chi connectivity index (χ0) is 15.7. The number of carbonyl (C=O) groups is 2. The molecule has 1 aromatic heterocycles. The number of nitrogens with zero attached hydrogens (tertiary/aromatic N) is 1. The van der Waals surface area contributed by atoms with Crippen LogP contribution < -0.4 is 5.32 Å². The molecule has 1 heterocycles. The number of nitrogens with one attached hydrogen (secondary N) is 1. The Kier molecular flexibility index (Phi) is 7.50. The Morgan fingerprint density at radius 1 is 1.29 bits per heavy atom. The molecule has 0 saturated carbocycles. The van der Waals surface area contributed by atoms with Crippen molar-refractivity contribution in [2.45, 2.75) is 64.8 Å². The summed E-state index contributed by atoms with van der Waals surface area (Å²) in [6.45, 7) is 4.55. The van der Waals surface area contributed by atoms with Crippen LogP contribution in [0, 0.1) is 0 Å². The number of hydrogen-bond acceptors (Lipinski definition) is 4. The van der Waals surface area contributed by atoms with E-state index in [1.165, 1.54) is 0 Å². The van der Waals surface area contributed by atoms with E-state index in [4.69, 9.17) is 9.63 Å². The molecule has 0 aliphatic carbocycles. The summed E-state index contributed by atoms with van der Waals surface area (Å²) < 4.78 is 5.21. The first kappa shape index (κ1) is 17.2. The predicted molar refractivity (Wildman–Crippen MR) is 77.8 cm³/mol. The first-order valence-electron chi connectivity index (χ1n) is 7.50. The van der Waals surface area contributed by atoms with E-state index in [2.05, 4.69) is 24.3 Å². The number of hydrogen-bond donors (Lipinski definition) is 2. The second kappa shape index (κ2) is 9.15. The summed E-state index contributed by atoms with van der Waals surface area (Å²) in [6, 6.07) is 1.89. The molecule has 0 atom stereocenters. The molecular weight excluding hydrogens is 272 g/mol. The van der Waals surface area contributed by atoms with Gasteiger partial charge in [-0.05, 0) is 25.7 Å². The summed E-state index contributed by atoms with van der Waals surface area (Å²) >= 11 is 0. The van der Waals surface area contributed by atoms with E-state index in [0.717, 1.165) is 18.5 Å². The van der Waals surface area contributed by atoms with E-state index >= 15 is 0 Å². The number of aliphatic carboxylic acids is 1. The van der Waals surface area contributed by atoms with Gasteiger partial charge in [0.25, 0.3) is 0 Å². The topological polar surface area (TPSA) is 92.4 Å². The lowest BCUT2D eigenvalue weighted by atomic mass is 9.99. The molecule has 0 unspecified atom stereocenters. The zero-order valence-corrected chi connectivity index (χ0v) is 12.7. The van der Waals surface area contributed by atoms with Gasteiger partial charge in [0.15, 0.2) is 5.76 Å². The number of amides is 1. The normalized spacial score (nSPS) is 10.8. The highest BCUT2D eigenvalue weighted by Gasteiger charge is 2.13. The number of carboxylic acids is 1. The van der Waals surface area contributed by atoms with Gasteiger partial charge in [-0.25, -0.2) is 0 Å². The van der Waals surface area contributed by atoms with Gasteiger partial charge in [0.05, 0.1) is 12.2 Å². The van der Waals surface area contributed by atoms with Crippen LogP contribution >= 0.6 is 0 Å². The molecule has 21 heavy (non-hydrogen) atoms. The maximum Gasteiger partial charge on any atom is 0.303 e. The molecule has 0 fully saturated rings.